The van der Waals surface area contributed by atoms with Crippen LogP contribution in [0, 0.1) is 19.7 Å². The molecule has 0 aliphatic carbocycles. The van der Waals surface area contributed by atoms with Crippen molar-refractivity contribution in [2.24, 2.45) is 4.99 Å². The Bertz CT molecular complexity index is 766. The van der Waals surface area contributed by atoms with Crippen molar-refractivity contribution in [2.75, 3.05) is 27.7 Å². The third kappa shape index (κ3) is 6.67. The standard InChI is InChI=1S/C20H31FN6/c1-15-11-16(2)27(25-15)10-6-9-23-20(22-3)24-13-17-7-8-19(21)18(12-17)14-26(4)5/h7-8,11-12H,6,9-10,13-14H2,1-5H3,(H2,22,23,24). The lowest BCUT2D eigenvalue weighted by molar-refractivity contribution is 0.392. The first kappa shape index (κ1) is 20.9. The molecule has 0 aliphatic heterocycles. The van der Waals surface area contributed by atoms with E-state index in [1.54, 1.807) is 13.1 Å². The van der Waals surface area contributed by atoms with Gasteiger partial charge in [0.15, 0.2) is 5.96 Å². The smallest absolute Gasteiger partial charge is 0.191 e. The van der Waals surface area contributed by atoms with Crippen molar-refractivity contribution in [1.29, 1.82) is 0 Å². The highest BCUT2D eigenvalue weighted by Gasteiger charge is 2.06. The average molecular weight is 375 g/mol. The summed E-state index contributed by atoms with van der Waals surface area (Å²) in [6, 6.07) is 7.32. The molecule has 2 rings (SSSR count). The molecule has 0 atom stereocenters. The van der Waals surface area contributed by atoms with E-state index in [1.165, 1.54) is 11.8 Å². The fourth-order valence-electron chi connectivity index (χ4n) is 2.94. The van der Waals surface area contributed by atoms with E-state index in [0.717, 1.165) is 36.7 Å². The van der Waals surface area contributed by atoms with E-state index in [1.807, 2.05) is 36.7 Å². The molecule has 0 saturated heterocycles. The molecule has 0 saturated carbocycles. The largest absolute Gasteiger partial charge is 0.356 e. The molecule has 0 aliphatic rings. The van der Waals surface area contributed by atoms with Crippen molar-refractivity contribution in [3.05, 3.63) is 52.6 Å². The van der Waals surface area contributed by atoms with Crippen LogP contribution in [-0.4, -0.2) is 48.3 Å². The highest BCUT2D eigenvalue weighted by atomic mass is 19.1. The monoisotopic (exact) mass is 374 g/mol. The van der Waals surface area contributed by atoms with Gasteiger partial charge < -0.3 is 15.5 Å². The summed E-state index contributed by atoms with van der Waals surface area (Å²) >= 11 is 0. The fraction of sp³-hybridized carbons (Fsp3) is 0.500. The molecule has 0 radical (unpaired) electrons. The third-order valence-corrected chi connectivity index (χ3v) is 4.22. The molecule has 0 fully saturated rings. The Morgan fingerprint density at radius 2 is 2.00 bits per heavy atom. The minimum Gasteiger partial charge on any atom is -0.356 e. The van der Waals surface area contributed by atoms with Crippen molar-refractivity contribution >= 4 is 5.96 Å². The Kier molecular flexibility index (Phi) is 7.79. The summed E-state index contributed by atoms with van der Waals surface area (Å²) in [7, 11) is 5.61. The van der Waals surface area contributed by atoms with Crippen LogP contribution in [0.3, 0.4) is 0 Å². The number of hydrogen-bond donors (Lipinski definition) is 2. The third-order valence-electron chi connectivity index (χ3n) is 4.22. The van der Waals surface area contributed by atoms with Gasteiger partial charge in [-0.3, -0.25) is 9.67 Å². The van der Waals surface area contributed by atoms with E-state index in [4.69, 9.17) is 0 Å². The van der Waals surface area contributed by atoms with Crippen LogP contribution in [-0.2, 0) is 19.6 Å². The molecule has 1 aromatic heterocycles. The molecule has 0 amide bonds. The SMILES string of the molecule is CN=C(NCCCn1nc(C)cc1C)NCc1ccc(F)c(CN(C)C)c1. The minimum atomic E-state index is -0.167. The topological polar surface area (TPSA) is 57.5 Å². The van der Waals surface area contributed by atoms with Gasteiger partial charge in [-0.2, -0.15) is 5.10 Å². The lowest BCUT2D eigenvalue weighted by Crippen LogP contribution is -2.37. The number of nitrogens with zero attached hydrogens (tertiary/aromatic N) is 4. The first-order valence-corrected chi connectivity index (χ1v) is 9.26. The highest BCUT2D eigenvalue weighted by molar-refractivity contribution is 5.79. The van der Waals surface area contributed by atoms with Crippen LogP contribution in [0.1, 0.15) is 28.9 Å². The molecule has 1 heterocycles. The molecule has 0 unspecified atom stereocenters. The summed E-state index contributed by atoms with van der Waals surface area (Å²) in [6.45, 7) is 6.92. The van der Waals surface area contributed by atoms with Crippen molar-refractivity contribution in [3.63, 3.8) is 0 Å². The van der Waals surface area contributed by atoms with Gasteiger partial charge >= 0.3 is 0 Å². The van der Waals surface area contributed by atoms with Gasteiger partial charge in [0.1, 0.15) is 5.82 Å². The summed E-state index contributed by atoms with van der Waals surface area (Å²) in [6.07, 6.45) is 0.951. The lowest BCUT2D eigenvalue weighted by Gasteiger charge is -2.14. The maximum Gasteiger partial charge on any atom is 0.191 e. The van der Waals surface area contributed by atoms with Crippen LogP contribution in [0.4, 0.5) is 4.39 Å². The number of aromatic nitrogens is 2. The number of hydrogen-bond acceptors (Lipinski definition) is 3. The van der Waals surface area contributed by atoms with Gasteiger partial charge in [0.2, 0.25) is 0 Å². The molecular formula is C20H31FN6. The van der Waals surface area contributed by atoms with Crippen molar-refractivity contribution in [2.45, 2.75) is 39.9 Å². The Morgan fingerprint density at radius 3 is 2.63 bits per heavy atom. The zero-order chi connectivity index (χ0) is 19.8. The summed E-state index contributed by atoms with van der Waals surface area (Å²) in [5.74, 6) is 0.570. The lowest BCUT2D eigenvalue weighted by atomic mass is 10.1. The molecule has 0 bridgehead atoms. The van der Waals surface area contributed by atoms with Crippen LogP contribution in [0.15, 0.2) is 29.3 Å². The van der Waals surface area contributed by atoms with Crippen molar-refractivity contribution in [1.82, 2.24) is 25.3 Å². The normalized spacial score (nSPS) is 11.9. The van der Waals surface area contributed by atoms with Crippen molar-refractivity contribution < 1.29 is 4.39 Å². The molecule has 6 nitrogen and oxygen atoms in total. The van der Waals surface area contributed by atoms with E-state index in [-0.39, 0.29) is 5.82 Å². The predicted molar refractivity (Wildman–Crippen MR) is 108 cm³/mol. The van der Waals surface area contributed by atoms with E-state index in [2.05, 4.69) is 33.7 Å². The van der Waals surface area contributed by atoms with Crippen LogP contribution >= 0.6 is 0 Å². The maximum atomic E-state index is 13.9. The Morgan fingerprint density at radius 1 is 1.22 bits per heavy atom. The van der Waals surface area contributed by atoms with Crippen LogP contribution in [0.5, 0.6) is 0 Å². The Labute approximate surface area is 161 Å². The van der Waals surface area contributed by atoms with Gasteiger partial charge in [0, 0.05) is 44.5 Å². The number of halogens is 1. The fourth-order valence-corrected chi connectivity index (χ4v) is 2.94. The first-order valence-electron chi connectivity index (χ1n) is 9.26. The number of rotatable bonds is 8. The second-order valence-electron chi connectivity index (χ2n) is 7.02. The average Bonchev–Trinajstić information content (AvgIpc) is 2.93. The number of guanidine groups is 1. The van der Waals surface area contributed by atoms with E-state index >= 15 is 0 Å². The number of aliphatic imine (C=N–C) groups is 1. The van der Waals surface area contributed by atoms with Gasteiger partial charge in [0.05, 0.1) is 5.69 Å². The first-order chi connectivity index (χ1) is 12.9. The van der Waals surface area contributed by atoms with Crippen LogP contribution in [0.25, 0.3) is 0 Å². The van der Waals surface area contributed by atoms with Gasteiger partial charge in [-0.05, 0) is 58.1 Å². The van der Waals surface area contributed by atoms with Crippen LogP contribution in [0.2, 0.25) is 0 Å². The van der Waals surface area contributed by atoms with Gasteiger partial charge in [-0.15, -0.1) is 0 Å². The number of benzene rings is 1. The van der Waals surface area contributed by atoms with Gasteiger partial charge in [-0.1, -0.05) is 6.07 Å². The molecule has 148 valence electrons. The van der Waals surface area contributed by atoms with E-state index in [9.17, 15) is 4.39 Å². The Balaban J connectivity index is 1.79. The van der Waals surface area contributed by atoms with E-state index in [0.29, 0.717) is 18.7 Å². The maximum absolute atomic E-state index is 13.9. The molecular weight excluding hydrogens is 343 g/mol. The summed E-state index contributed by atoms with van der Waals surface area (Å²) in [5, 5.41) is 11.1. The summed E-state index contributed by atoms with van der Waals surface area (Å²) in [5.41, 5.74) is 3.96. The van der Waals surface area contributed by atoms with Crippen LogP contribution < -0.4 is 10.6 Å². The Hall–Kier alpha value is -2.41. The molecule has 0 spiro atoms. The van der Waals surface area contributed by atoms with Gasteiger partial charge in [-0.25, -0.2) is 4.39 Å². The van der Waals surface area contributed by atoms with Gasteiger partial charge in [0.25, 0.3) is 0 Å². The second kappa shape index (κ2) is 10.1. The zero-order valence-corrected chi connectivity index (χ0v) is 17.0. The molecule has 7 heteroatoms. The predicted octanol–water partition coefficient (Wildman–Crippen LogP) is 2.46. The molecule has 1 aromatic carbocycles. The quantitative estimate of drug-likeness (QED) is 0.423. The summed E-state index contributed by atoms with van der Waals surface area (Å²) in [4.78, 5) is 6.20. The van der Waals surface area contributed by atoms with E-state index < -0.39 is 0 Å². The zero-order valence-electron chi connectivity index (χ0n) is 17.0. The molecule has 2 aromatic rings. The second-order valence-corrected chi connectivity index (χ2v) is 7.02. The highest BCUT2D eigenvalue weighted by Crippen LogP contribution is 2.12. The molecule has 27 heavy (non-hydrogen) atoms. The summed E-state index contributed by atoms with van der Waals surface area (Å²) < 4.78 is 15.9. The number of aryl methyl sites for hydroxylation is 3. The number of nitrogens with one attached hydrogen (secondary N) is 2. The van der Waals surface area contributed by atoms with Crippen molar-refractivity contribution in [3.8, 4) is 0 Å². The molecule has 2 N–H and O–H groups in total. The minimum absolute atomic E-state index is 0.167.